The van der Waals surface area contributed by atoms with Gasteiger partial charge in [-0.25, -0.2) is 0 Å². The predicted octanol–water partition coefficient (Wildman–Crippen LogP) is 1.70. The largest absolute Gasteiger partial charge is 0.356 e. The number of hydrogen-bond acceptors (Lipinski definition) is 2. The maximum atomic E-state index is 11.6. The van der Waals surface area contributed by atoms with Crippen LogP contribution < -0.4 is 10.6 Å². The second-order valence-corrected chi connectivity index (χ2v) is 4.32. The Bertz CT molecular complexity index is 412. The monoisotopic (exact) mass is 248 g/mol. The van der Waals surface area contributed by atoms with E-state index in [0.717, 1.165) is 11.1 Å². The summed E-state index contributed by atoms with van der Waals surface area (Å²) < 4.78 is 0. The summed E-state index contributed by atoms with van der Waals surface area (Å²) in [6.07, 6.45) is 0.260. The molecule has 1 atom stereocenters. The normalized spacial score (nSPS) is 11.7. The minimum atomic E-state index is -0.269. The average Bonchev–Trinajstić information content (AvgIpc) is 2.28. The molecule has 0 saturated heterocycles. The summed E-state index contributed by atoms with van der Waals surface area (Å²) in [7, 11) is 0. The highest BCUT2D eigenvalue weighted by Gasteiger charge is 2.16. The van der Waals surface area contributed by atoms with E-state index < -0.39 is 0 Å². The molecular weight excluding hydrogens is 228 g/mol. The summed E-state index contributed by atoms with van der Waals surface area (Å²) in [6.45, 7) is 5.93. The summed E-state index contributed by atoms with van der Waals surface area (Å²) >= 11 is 0. The Labute approximate surface area is 108 Å². The first kappa shape index (κ1) is 14.2. The lowest BCUT2D eigenvalue weighted by Gasteiger charge is -2.18. The van der Waals surface area contributed by atoms with Crippen molar-refractivity contribution in [2.45, 2.75) is 33.2 Å². The Balaban J connectivity index is 2.80. The quantitative estimate of drug-likeness (QED) is 0.833. The molecule has 1 unspecified atom stereocenters. The number of carbonyl (C=O) groups is 2. The molecule has 4 heteroatoms. The third kappa shape index (κ3) is 4.57. The third-order valence-electron chi connectivity index (χ3n) is 2.62. The van der Waals surface area contributed by atoms with Gasteiger partial charge in [-0.05, 0) is 19.4 Å². The Kier molecular flexibility index (Phi) is 5.36. The first-order chi connectivity index (χ1) is 8.52. The van der Waals surface area contributed by atoms with Crippen molar-refractivity contribution in [1.82, 2.24) is 10.6 Å². The van der Waals surface area contributed by atoms with Crippen LogP contribution in [0, 0.1) is 6.92 Å². The van der Waals surface area contributed by atoms with Gasteiger partial charge in [-0.15, -0.1) is 0 Å². The predicted molar refractivity (Wildman–Crippen MR) is 71.0 cm³/mol. The van der Waals surface area contributed by atoms with Crippen molar-refractivity contribution in [2.24, 2.45) is 0 Å². The molecule has 0 fully saturated rings. The van der Waals surface area contributed by atoms with Crippen LogP contribution in [0.2, 0.25) is 0 Å². The third-order valence-corrected chi connectivity index (χ3v) is 2.62. The SMILES string of the molecule is CCNC(=O)CC(NC(C)=O)c1ccc(C)cc1. The highest BCUT2D eigenvalue weighted by atomic mass is 16.2. The fraction of sp³-hybridized carbons (Fsp3) is 0.429. The topological polar surface area (TPSA) is 58.2 Å². The zero-order chi connectivity index (χ0) is 13.5. The Hall–Kier alpha value is -1.84. The van der Waals surface area contributed by atoms with E-state index in [1.807, 2.05) is 38.1 Å². The lowest BCUT2D eigenvalue weighted by molar-refractivity contribution is -0.122. The molecular formula is C14H20N2O2. The van der Waals surface area contributed by atoms with E-state index in [1.54, 1.807) is 0 Å². The molecule has 0 radical (unpaired) electrons. The maximum Gasteiger partial charge on any atom is 0.222 e. The molecule has 4 nitrogen and oxygen atoms in total. The van der Waals surface area contributed by atoms with Crippen molar-refractivity contribution in [3.63, 3.8) is 0 Å². The highest BCUT2D eigenvalue weighted by Crippen LogP contribution is 2.17. The van der Waals surface area contributed by atoms with Crippen LogP contribution in [0.5, 0.6) is 0 Å². The first-order valence-corrected chi connectivity index (χ1v) is 6.13. The van der Waals surface area contributed by atoms with Gasteiger partial charge < -0.3 is 10.6 Å². The fourth-order valence-corrected chi connectivity index (χ4v) is 1.75. The summed E-state index contributed by atoms with van der Waals surface area (Å²) in [5.74, 6) is -0.193. The molecule has 0 aromatic heterocycles. The van der Waals surface area contributed by atoms with E-state index in [2.05, 4.69) is 10.6 Å². The molecule has 1 aromatic rings. The number of aryl methyl sites for hydroxylation is 1. The van der Waals surface area contributed by atoms with Gasteiger partial charge >= 0.3 is 0 Å². The molecule has 2 amide bonds. The number of benzene rings is 1. The molecule has 1 rings (SSSR count). The van der Waals surface area contributed by atoms with Crippen molar-refractivity contribution in [2.75, 3.05) is 6.54 Å². The lowest BCUT2D eigenvalue weighted by Crippen LogP contribution is -2.32. The molecule has 0 aliphatic heterocycles. The zero-order valence-corrected chi connectivity index (χ0v) is 11.1. The maximum absolute atomic E-state index is 11.6. The van der Waals surface area contributed by atoms with Crippen molar-refractivity contribution in [1.29, 1.82) is 0 Å². The Morgan fingerprint density at radius 3 is 2.33 bits per heavy atom. The number of amides is 2. The number of nitrogens with one attached hydrogen (secondary N) is 2. The van der Waals surface area contributed by atoms with E-state index >= 15 is 0 Å². The fourth-order valence-electron chi connectivity index (χ4n) is 1.75. The molecule has 0 heterocycles. The van der Waals surface area contributed by atoms with Crippen molar-refractivity contribution in [3.8, 4) is 0 Å². The summed E-state index contributed by atoms with van der Waals surface area (Å²) in [4.78, 5) is 22.8. The minimum Gasteiger partial charge on any atom is -0.356 e. The van der Waals surface area contributed by atoms with Gasteiger partial charge in [-0.3, -0.25) is 9.59 Å². The number of rotatable bonds is 5. The van der Waals surface area contributed by atoms with Crippen LogP contribution in [0.3, 0.4) is 0 Å². The molecule has 98 valence electrons. The van der Waals surface area contributed by atoms with Gasteiger partial charge in [-0.1, -0.05) is 29.8 Å². The highest BCUT2D eigenvalue weighted by molar-refractivity contribution is 5.79. The second kappa shape index (κ2) is 6.79. The molecule has 0 aliphatic carbocycles. The van der Waals surface area contributed by atoms with Crippen molar-refractivity contribution < 1.29 is 9.59 Å². The molecule has 0 bridgehead atoms. The van der Waals surface area contributed by atoms with Crippen LogP contribution in [0.1, 0.15) is 37.4 Å². The molecule has 0 aliphatic rings. The van der Waals surface area contributed by atoms with Gasteiger partial charge in [0.15, 0.2) is 0 Å². The van der Waals surface area contributed by atoms with Crippen molar-refractivity contribution in [3.05, 3.63) is 35.4 Å². The lowest BCUT2D eigenvalue weighted by atomic mass is 10.0. The van der Waals surface area contributed by atoms with Crippen molar-refractivity contribution >= 4 is 11.8 Å². The van der Waals surface area contributed by atoms with Crippen LogP contribution in [0.25, 0.3) is 0 Å². The zero-order valence-electron chi connectivity index (χ0n) is 11.1. The smallest absolute Gasteiger partial charge is 0.222 e. The summed E-state index contributed by atoms with van der Waals surface area (Å²) in [6, 6.07) is 7.56. The van der Waals surface area contributed by atoms with Crippen LogP contribution >= 0.6 is 0 Å². The van der Waals surface area contributed by atoms with Crippen LogP contribution in [0.15, 0.2) is 24.3 Å². The van der Waals surface area contributed by atoms with E-state index in [1.165, 1.54) is 6.92 Å². The van der Waals surface area contributed by atoms with Crippen LogP contribution in [-0.4, -0.2) is 18.4 Å². The van der Waals surface area contributed by atoms with Gasteiger partial charge in [-0.2, -0.15) is 0 Å². The second-order valence-electron chi connectivity index (χ2n) is 4.32. The molecule has 0 saturated carbocycles. The van der Waals surface area contributed by atoms with E-state index in [-0.39, 0.29) is 24.3 Å². The molecule has 2 N–H and O–H groups in total. The molecule has 0 spiro atoms. The van der Waals surface area contributed by atoms with Gasteiger partial charge in [0.05, 0.1) is 12.5 Å². The van der Waals surface area contributed by atoms with E-state index in [9.17, 15) is 9.59 Å². The average molecular weight is 248 g/mol. The van der Waals surface area contributed by atoms with Gasteiger partial charge in [0.2, 0.25) is 11.8 Å². The van der Waals surface area contributed by atoms with Gasteiger partial charge in [0, 0.05) is 13.5 Å². The van der Waals surface area contributed by atoms with E-state index in [4.69, 9.17) is 0 Å². The Morgan fingerprint density at radius 1 is 1.22 bits per heavy atom. The van der Waals surface area contributed by atoms with Crippen LogP contribution in [-0.2, 0) is 9.59 Å². The Morgan fingerprint density at radius 2 is 1.83 bits per heavy atom. The molecule has 18 heavy (non-hydrogen) atoms. The van der Waals surface area contributed by atoms with Gasteiger partial charge in [0.25, 0.3) is 0 Å². The van der Waals surface area contributed by atoms with Gasteiger partial charge in [0.1, 0.15) is 0 Å². The number of hydrogen-bond donors (Lipinski definition) is 2. The number of carbonyl (C=O) groups excluding carboxylic acids is 2. The first-order valence-electron chi connectivity index (χ1n) is 6.13. The standard InChI is InChI=1S/C14H20N2O2/c1-4-15-14(18)9-13(16-11(3)17)12-7-5-10(2)6-8-12/h5-8,13H,4,9H2,1-3H3,(H,15,18)(H,16,17). The minimum absolute atomic E-state index is 0.0585. The summed E-state index contributed by atoms with van der Waals surface area (Å²) in [5, 5.41) is 5.55. The van der Waals surface area contributed by atoms with Crippen LogP contribution in [0.4, 0.5) is 0 Å². The van der Waals surface area contributed by atoms with E-state index in [0.29, 0.717) is 6.54 Å². The molecule has 1 aromatic carbocycles. The summed E-state index contributed by atoms with van der Waals surface area (Å²) in [5.41, 5.74) is 2.10.